The van der Waals surface area contributed by atoms with Gasteiger partial charge in [0.1, 0.15) is 17.0 Å². The molecule has 1 aromatic carbocycles. The highest BCUT2D eigenvalue weighted by atomic mass is 19.3. The van der Waals surface area contributed by atoms with Crippen LogP contribution in [0.2, 0.25) is 0 Å². The number of ether oxygens (including phenoxy) is 2. The Morgan fingerprint density at radius 3 is 2.68 bits per heavy atom. The number of rotatable bonds is 6. The molecule has 1 aliphatic rings. The molecule has 0 radical (unpaired) electrons. The molecule has 0 spiro atoms. The molecule has 1 saturated heterocycles. The van der Waals surface area contributed by atoms with E-state index in [0.717, 1.165) is 0 Å². The summed E-state index contributed by atoms with van der Waals surface area (Å²) >= 11 is 0. The second-order valence-electron chi connectivity index (χ2n) is 8.07. The third-order valence-corrected chi connectivity index (χ3v) is 5.81. The average molecular weight is 474 g/mol. The molecular formula is C22H24F2N6O4. The van der Waals surface area contributed by atoms with Crippen LogP contribution in [0.4, 0.5) is 8.78 Å². The third kappa shape index (κ3) is 4.75. The van der Waals surface area contributed by atoms with E-state index in [1.54, 1.807) is 29.4 Å². The zero-order valence-electron chi connectivity index (χ0n) is 18.9. The van der Waals surface area contributed by atoms with Crippen molar-refractivity contribution in [3.8, 4) is 11.6 Å². The Balaban J connectivity index is 1.42. The normalized spacial score (nSPS) is 18.2. The molecule has 12 heteroatoms. The van der Waals surface area contributed by atoms with Gasteiger partial charge in [-0.25, -0.2) is 4.98 Å². The van der Waals surface area contributed by atoms with Gasteiger partial charge in [0.25, 0.3) is 11.8 Å². The van der Waals surface area contributed by atoms with Crippen LogP contribution in [0.1, 0.15) is 34.2 Å². The van der Waals surface area contributed by atoms with Crippen LogP contribution in [0.3, 0.4) is 0 Å². The number of benzene rings is 1. The van der Waals surface area contributed by atoms with E-state index in [1.165, 1.54) is 24.9 Å². The first-order chi connectivity index (χ1) is 16.3. The largest absolute Gasteiger partial charge is 0.494 e. The molecule has 3 aromatic rings. The maximum absolute atomic E-state index is 13.2. The number of carbonyl (C=O) groups is 2. The van der Waals surface area contributed by atoms with Crippen LogP contribution in [-0.4, -0.2) is 69.3 Å². The van der Waals surface area contributed by atoms with Gasteiger partial charge < -0.3 is 19.7 Å². The highest BCUT2D eigenvalue weighted by Crippen LogP contribution is 2.26. The van der Waals surface area contributed by atoms with E-state index in [9.17, 15) is 18.4 Å². The number of nitrogens with zero attached hydrogens (tertiary/aromatic N) is 5. The Bertz CT molecular complexity index is 1220. The summed E-state index contributed by atoms with van der Waals surface area (Å²) in [5, 5.41) is 6.68. The maximum atomic E-state index is 13.2. The Kier molecular flexibility index (Phi) is 6.57. The second-order valence-corrected chi connectivity index (χ2v) is 8.07. The van der Waals surface area contributed by atoms with Gasteiger partial charge >= 0.3 is 6.61 Å². The summed E-state index contributed by atoms with van der Waals surface area (Å²) in [6, 6.07) is 4.30. The predicted octanol–water partition coefficient (Wildman–Crippen LogP) is 2.25. The van der Waals surface area contributed by atoms with Crippen molar-refractivity contribution in [1.29, 1.82) is 0 Å². The average Bonchev–Trinajstić information content (AvgIpc) is 3.18. The highest BCUT2D eigenvalue weighted by Gasteiger charge is 2.31. The molecule has 1 N–H and O–H groups in total. The van der Waals surface area contributed by atoms with Crippen LogP contribution in [0.5, 0.6) is 11.6 Å². The molecule has 34 heavy (non-hydrogen) atoms. The van der Waals surface area contributed by atoms with Gasteiger partial charge in [0.2, 0.25) is 5.88 Å². The molecule has 2 aromatic heterocycles. The van der Waals surface area contributed by atoms with E-state index in [2.05, 4.69) is 25.1 Å². The van der Waals surface area contributed by atoms with Crippen LogP contribution >= 0.6 is 0 Å². The predicted molar refractivity (Wildman–Crippen MR) is 117 cm³/mol. The standard InChI is InChI=1S/C22H24F2N6O4/c1-12-11-30(21(32)13-8-15-19(17(9-13)33-3)26-6-5-25-15)7-4-14(12)27-20(31)16-10-18(28-29(16)2)34-22(23)24/h5-6,8-10,12,14,22H,4,7,11H2,1-3H3,(H,27,31)/t12-,14+/m0/s1. The molecule has 4 rings (SSSR count). The monoisotopic (exact) mass is 474 g/mol. The Morgan fingerprint density at radius 2 is 1.97 bits per heavy atom. The summed E-state index contributed by atoms with van der Waals surface area (Å²) in [4.78, 5) is 36.1. The molecule has 0 unspecified atom stereocenters. The number of aryl methyl sites for hydroxylation is 1. The van der Waals surface area contributed by atoms with Crippen molar-refractivity contribution in [2.75, 3.05) is 20.2 Å². The lowest BCUT2D eigenvalue weighted by molar-refractivity contribution is -0.0531. The Labute approximate surface area is 193 Å². The minimum Gasteiger partial charge on any atom is -0.494 e. The van der Waals surface area contributed by atoms with Gasteiger partial charge in [-0.1, -0.05) is 6.92 Å². The number of nitrogens with one attached hydrogen (secondary N) is 1. The summed E-state index contributed by atoms with van der Waals surface area (Å²) in [5.74, 6) is -0.521. The van der Waals surface area contributed by atoms with Gasteiger partial charge in [0.05, 0.1) is 12.6 Å². The Morgan fingerprint density at radius 1 is 1.21 bits per heavy atom. The van der Waals surface area contributed by atoms with Gasteiger partial charge in [-0.05, 0) is 24.5 Å². The summed E-state index contributed by atoms with van der Waals surface area (Å²) in [6.07, 6.45) is 3.64. The summed E-state index contributed by atoms with van der Waals surface area (Å²) < 4.78 is 35.7. The van der Waals surface area contributed by atoms with E-state index >= 15 is 0 Å². The number of amides is 2. The van der Waals surface area contributed by atoms with Crippen LogP contribution in [0.25, 0.3) is 11.0 Å². The minimum absolute atomic E-state index is 0.0474. The minimum atomic E-state index is -3.03. The topological polar surface area (TPSA) is 111 Å². The maximum Gasteiger partial charge on any atom is 0.388 e. The van der Waals surface area contributed by atoms with Crippen molar-refractivity contribution in [2.45, 2.75) is 26.0 Å². The number of piperidine rings is 1. The van der Waals surface area contributed by atoms with Crippen LogP contribution in [0, 0.1) is 5.92 Å². The number of fused-ring (bicyclic) bond motifs is 1. The number of alkyl halides is 2. The number of carbonyl (C=O) groups excluding carboxylic acids is 2. The lowest BCUT2D eigenvalue weighted by Gasteiger charge is -2.37. The number of likely N-dealkylation sites (tertiary alicyclic amines) is 1. The molecule has 0 bridgehead atoms. The molecule has 1 aliphatic heterocycles. The molecule has 0 saturated carbocycles. The van der Waals surface area contributed by atoms with Crippen molar-refractivity contribution < 1.29 is 27.8 Å². The molecule has 1 fully saturated rings. The molecule has 2 amide bonds. The first-order valence-electron chi connectivity index (χ1n) is 10.6. The van der Waals surface area contributed by atoms with E-state index in [0.29, 0.717) is 41.9 Å². The van der Waals surface area contributed by atoms with Crippen molar-refractivity contribution >= 4 is 22.8 Å². The van der Waals surface area contributed by atoms with Gasteiger partial charge in [0, 0.05) is 50.2 Å². The molecule has 2 atom stereocenters. The van der Waals surface area contributed by atoms with E-state index in [-0.39, 0.29) is 29.4 Å². The van der Waals surface area contributed by atoms with E-state index in [4.69, 9.17) is 4.74 Å². The molecule has 10 nitrogen and oxygen atoms in total. The fraction of sp³-hybridized carbons (Fsp3) is 0.409. The quantitative estimate of drug-likeness (QED) is 0.583. The van der Waals surface area contributed by atoms with Crippen molar-refractivity contribution in [3.63, 3.8) is 0 Å². The van der Waals surface area contributed by atoms with Crippen molar-refractivity contribution in [2.24, 2.45) is 13.0 Å². The number of methoxy groups -OCH3 is 1. The molecule has 0 aliphatic carbocycles. The first kappa shape index (κ1) is 23.3. The molecular weight excluding hydrogens is 450 g/mol. The van der Waals surface area contributed by atoms with Crippen LogP contribution in [0.15, 0.2) is 30.6 Å². The number of aromatic nitrogens is 4. The second kappa shape index (κ2) is 9.57. The van der Waals surface area contributed by atoms with Gasteiger partial charge in [0.15, 0.2) is 0 Å². The number of halogens is 2. The summed E-state index contributed by atoms with van der Waals surface area (Å²) in [6.45, 7) is -0.233. The molecule has 180 valence electrons. The number of hydrogen-bond donors (Lipinski definition) is 1. The smallest absolute Gasteiger partial charge is 0.388 e. The van der Waals surface area contributed by atoms with Crippen molar-refractivity contribution in [3.05, 3.63) is 41.9 Å². The van der Waals surface area contributed by atoms with E-state index < -0.39 is 12.5 Å². The fourth-order valence-electron chi connectivity index (χ4n) is 4.09. The highest BCUT2D eigenvalue weighted by molar-refractivity contribution is 5.99. The van der Waals surface area contributed by atoms with Gasteiger partial charge in [-0.15, -0.1) is 5.10 Å². The van der Waals surface area contributed by atoms with Gasteiger partial charge in [-0.3, -0.25) is 19.3 Å². The number of hydrogen-bond acceptors (Lipinski definition) is 7. The van der Waals surface area contributed by atoms with Crippen molar-refractivity contribution in [1.82, 2.24) is 30.0 Å². The fourth-order valence-corrected chi connectivity index (χ4v) is 4.09. The zero-order valence-corrected chi connectivity index (χ0v) is 18.9. The SMILES string of the molecule is COc1cc(C(=O)N2CC[C@@H](NC(=O)c3cc(OC(F)F)nn3C)[C@@H](C)C2)cc2nccnc12. The molecule has 3 heterocycles. The summed E-state index contributed by atoms with van der Waals surface area (Å²) in [5.41, 5.74) is 1.69. The summed E-state index contributed by atoms with van der Waals surface area (Å²) in [7, 11) is 2.99. The van der Waals surface area contributed by atoms with Crippen LogP contribution in [-0.2, 0) is 7.05 Å². The lowest BCUT2D eigenvalue weighted by atomic mass is 9.93. The Hall–Kier alpha value is -3.83. The zero-order chi connectivity index (χ0) is 24.4. The third-order valence-electron chi connectivity index (χ3n) is 5.81. The van der Waals surface area contributed by atoms with E-state index in [1.807, 2.05) is 6.92 Å². The lowest BCUT2D eigenvalue weighted by Crippen LogP contribution is -2.51. The van der Waals surface area contributed by atoms with Gasteiger partial charge in [-0.2, -0.15) is 8.78 Å². The van der Waals surface area contributed by atoms with Crippen LogP contribution < -0.4 is 14.8 Å². The first-order valence-corrected chi connectivity index (χ1v) is 10.6.